The Morgan fingerprint density at radius 1 is 1.36 bits per heavy atom. The van der Waals surface area contributed by atoms with E-state index in [1.54, 1.807) is 0 Å². The van der Waals surface area contributed by atoms with E-state index >= 15 is 0 Å². The number of nitrogens with one attached hydrogen (secondary N) is 2. The van der Waals surface area contributed by atoms with Gasteiger partial charge in [-0.3, -0.25) is 0 Å². The molecule has 3 nitrogen and oxygen atoms in total. The first-order valence-electron chi connectivity index (χ1n) is 4.98. The molecule has 1 atom stereocenters. The Bertz CT molecular complexity index is 289. The van der Waals surface area contributed by atoms with Crippen molar-refractivity contribution in [1.29, 1.82) is 0 Å². The highest BCUT2D eigenvalue weighted by atomic mass is 32.1. The maximum Gasteiger partial charge on any atom is 0.0906 e. The van der Waals surface area contributed by atoms with Crippen molar-refractivity contribution in [3.63, 3.8) is 0 Å². The summed E-state index contributed by atoms with van der Waals surface area (Å²) < 4.78 is 0. The van der Waals surface area contributed by atoms with Crippen LogP contribution in [-0.2, 0) is 0 Å². The minimum Gasteiger partial charge on any atom is -0.370 e. The van der Waals surface area contributed by atoms with Crippen LogP contribution in [0.15, 0.2) is 12.1 Å². The maximum atomic E-state index is 3.52. The summed E-state index contributed by atoms with van der Waals surface area (Å²) in [6.07, 6.45) is 0. The lowest BCUT2D eigenvalue weighted by molar-refractivity contribution is 0.435. The highest BCUT2D eigenvalue weighted by Crippen LogP contribution is 2.29. The van der Waals surface area contributed by atoms with E-state index in [2.05, 4.69) is 41.8 Å². The van der Waals surface area contributed by atoms with Crippen molar-refractivity contribution in [2.45, 2.75) is 6.04 Å². The second kappa shape index (κ2) is 4.29. The molecule has 0 aliphatic carbocycles. The number of piperazine rings is 1. The van der Waals surface area contributed by atoms with Gasteiger partial charge in [0.1, 0.15) is 0 Å². The summed E-state index contributed by atoms with van der Waals surface area (Å²) in [4.78, 5) is 3.59. The Morgan fingerprint density at radius 3 is 2.79 bits per heavy atom. The van der Waals surface area contributed by atoms with Gasteiger partial charge in [-0.1, -0.05) is 0 Å². The molecular formula is C10H17N3S. The quantitative estimate of drug-likeness (QED) is 0.765. The topological polar surface area (TPSA) is 27.3 Å². The molecule has 1 aliphatic heterocycles. The first-order valence-corrected chi connectivity index (χ1v) is 5.80. The van der Waals surface area contributed by atoms with Crippen molar-refractivity contribution in [3.8, 4) is 0 Å². The highest BCUT2D eigenvalue weighted by Gasteiger charge is 2.16. The van der Waals surface area contributed by atoms with E-state index < -0.39 is 0 Å². The summed E-state index contributed by atoms with van der Waals surface area (Å²) in [5.41, 5.74) is 0. The molecular weight excluding hydrogens is 194 g/mol. The SMILES string of the molecule is CN(C)c1ccc(C2CNCCN2)s1. The summed E-state index contributed by atoms with van der Waals surface area (Å²) in [5, 5.41) is 8.25. The van der Waals surface area contributed by atoms with E-state index in [1.807, 2.05) is 11.3 Å². The van der Waals surface area contributed by atoms with E-state index in [1.165, 1.54) is 9.88 Å². The molecule has 2 heterocycles. The van der Waals surface area contributed by atoms with Crippen molar-refractivity contribution in [1.82, 2.24) is 10.6 Å². The molecule has 2 N–H and O–H groups in total. The molecule has 1 aromatic heterocycles. The largest absolute Gasteiger partial charge is 0.370 e. The smallest absolute Gasteiger partial charge is 0.0906 e. The zero-order chi connectivity index (χ0) is 9.97. The van der Waals surface area contributed by atoms with E-state index in [4.69, 9.17) is 0 Å². The van der Waals surface area contributed by atoms with E-state index in [0.29, 0.717) is 6.04 Å². The van der Waals surface area contributed by atoms with Crippen molar-refractivity contribution in [3.05, 3.63) is 17.0 Å². The van der Waals surface area contributed by atoms with Gasteiger partial charge in [0, 0.05) is 38.6 Å². The zero-order valence-electron chi connectivity index (χ0n) is 8.71. The molecule has 0 spiro atoms. The summed E-state index contributed by atoms with van der Waals surface area (Å²) in [5.74, 6) is 0. The fourth-order valence-corrected chi connectivity index (χ4v) is 2.63. The van der Waals surface area contributed by atoms with Crippen LogP contribution >= 0.6 is 11.3 Å². The predicted molar refractivity (Wildman–Crippen MR) is 62.3 cm³/mol. The maximum absolute atomic E-state index is 3.52. The van der Waals surface area contributed by atoms with E-state index in [0.717, 1.165) is 19.6 Å². The van der Waals surface area contributed by atoms with Gasteiger partial charge in [0.05, 0.1) is 11.0 Å². The van der Waals surface area contributed by atoms with Crippen LogP contribution in [0.4, 0.5) is 5.00 Å². The number of thiophene rings is 1. The van der Waals surface area contributed by atoms with Crippen molar-refractivity contribution in [2.24, 2.45) is 0 Å². The number of nitrogens with zero attached hydrogens (tertiary/aromatic N) is 1. The van der Waals surface area contributed by atoms with Crippen LogP contribution in [0.2, 0.25) is 0 Å². The molecule has 0 bridgehead atoms. The molecule has 0 aromatic carbocycles. The second-order valence-electron chi connectivity index (χ2n) is 3.78. The molecule has 78 valence electrons. The molecule has 14 heavy (non-hydrogen) atoms. The van der Waals surface area contributed by atoms with Gasteiger partial charge in [-0.05, 0) is 12.1 Å². The van der Waals surface area contributed by atoms with Crippen molar-refractivity contribution < 1.29 is 0 Å². The third kappa shape index (κ3) is 2.08. The molecule has 1 saturated heterocycles. The predicted octanol–water partition coefficient (Wildman–Crippen LogP) is 1.05. The molecule has 0 radical (unpaired) electrons. The molecule has 1 unspecified atom stereocenters. The number of rotatable bonds is 2. The van der Waals surface area contributed by atoms with Gasteiger partial charge in [-0.15, -0.1) is 11.3 Å². The van der Waals surface area contributed by atoms with Crippen LogP contribution < -0.4 is 15.5 Å². The fourth-order valence-electron chi connectivity index (χ4n) is 1.62. The van der Waals surface area contributed by atoms with Crippen LogP contribution in [0.25, 0.3) is 0 Å². The Hall–Kier alpha value is -0.580. The van der Waals surface area contributed by atoms with E-state index in [-0.39, 0.29) is 0 Å². The standard InChI is InChI=1S/C10H17N3S/c1-13(2)10-4-3-9(14-10)8-7-11-5-6-12-8/h3-4,8,11-12H,5-7H2,1-2H3. The van der Waals surface area contributed by atoms with Crippen LogP contribution in [0, 0.1) is 0 Å². The molecule has 4 heteroatoms. The van der Waals surface area contributed by atoms with Crippen molar-refractivity contribution in [2.75, 3.05) is 38.6 Å². The average molecular weight is 211 g/mol. The van der Waals surface area contributed by atoms with Gasteiger partial charge in [0.15, 0.2) is 0 Å². The lowest BCUT2D eigenvalue weighted by atomic mass is 10.2. The molecule has 0 amide bonds. The molecule has 1 aromatic rings. The van der Waals surface area contributed by atoms with Gasteiger partial charge >= 0.3 is 0 Å². The third-order valence-electron chi connectivity index (χ3n) is 2.44. The fraction of sp³-hybridized carbons (Fsp3) is 0.600. The van der Waals surface area contributed by atoms with Crippen LogP contribution in [0.1, 0.15) is 10.9 Å². The second-order valence-corrected chi connectivity index (χ2v) is 4.88. The minimum atomic E-state index is 0.502. The third-order valence-corrected chi connectivity index (χ3v) is 3.80. The van der Waals surface area contributed by atoms with Gasteiger partial charge in [0.2, 0.25) is 0 Å². The Kier molecular flexibility index (Phi) is 3.05. The first-order chi connectivity index (χ1) is 6.77. The summed E-state index contributed by atoms with van der Waals surface area (Å²) in [6, 6.07) is 4.92. The van der Waals surface area contributed by atoms with Gasteiger partial charge in [-0.25, -0.2) is 0 Å². The summed E-state index contributed by atoms with van der Waals surface area (Å²) in [6.45, 7) is 3.20. The Labute approximate surface area is 89.1 Å². The molecule has 0 saturated carbocycles. The minimum absolute atomic E-state index is 0.502. The summed E-state index contributed by atoms with van der Waals surface area (Å²) in [7, 11) is 4.17. The van der Waals surface area contributed by atoms with Crippen LogP contribution in [0.3, 0.4) is 0 Å². The highest BCUT2D eigenvalue weighted by molar-refractivity contribution is 7.16. The van der Waals surface area contributed by atoms with Crippen LogP contribution in [0.5, 0.6) is 0 Å². The zero-order valence-corrected chi connectivity index (χ0v) is 9.53. The number of hydrogen-bond acceptors (Lipinski definition) is 4. The number of anilines is 1. The molecule has 1 fully saturated rings. The van der Waals surface area contributed by atoms with Crippen molar-refractivity contribution >= 4 is 16.3 Å². The van der Waals surface area contributed by atoms with Gasteiger partial charge in [-0.2, -0.15) is 0 Å². The van der Waals surface area contributed by atoms with Gasteiger partial charge in [0.25, 0.3) is 0 Å². The lowest BCUT2D eigenvalue weighted by Crippen LogP contribution is -2.42. The monoisotopic (exact) mass is 211 g/mol. The van der Waals surface area contributed by atoms with Gasteiger partial charge < -0.3 is 15.5 Å². The first kappa shape index (κ1) is 9.96. The van der Waals surface area contributed by atoms with Crippen LogP contribution in [-0.4, -0.2) is 33.7 Å². The molecule has 2 rings (SSSR count). The number of hydrogen-bond donors (Lipinski definition) is 2. The normalized spacial score (nSPS) is 22.3. The average Bonchev–Trinajstić information content (AvgIpc) is 2.68. The Morgan fingerprint density at radius 2 is 2.21 bits per heavy atom. The summed E-state index contributed by atoms with van der Waals surface area (Å²) >= 11 is 1.87. The molecule has 1 aliphatic rings. The van der Waals surface area contributed by atoms with E-state index in [9.17, 15) is 0 Å². The Balaban J connectivity index is 2.07. The lowest BCUT2D eigenvalue weighted by Gasteiger charge is -2.23.